The van der Waals surface area contributed by atoms with E-state index >= 15 is 0 Å². The number of hydrogen-bond acceptors (Lipinski definition) is 1. The first-order chi connectivity index (χ1) is 9.11. The van der Waals surface area contributed by atoms with E-state index in [9.17, 15) is 13.9 Å². The molecule has 4 heteroatoms. The zero-order chi connectivity index (χ0) is 13.8. The zero-order valence-corrected chi connectivity index (χ0v) is 11.7. The predicted molar refractivity (Wildman–Crippen MR) is 74.0 cm³/mol. The van der Waals surface area contributed by atoms with Crippen LogP contribution in [0.2, 0.25) is 0 Å². The first kappa shape index (κ1) is 14.2. The van der Waals surface area contributed by atoms with E-state index < -0.39 is 5.92 Å². The van der Waals surface area contributed by atoms with Crippen molar-refractivity contribution in [2.75, 3.05) is 6.61 Å². The van der Waals surface area contributed by atoms with Gasteiger partial charge in [0.2, 0.25) is 0 Å². The van der Waals surface area contributed by atoms with Gasteiger partial charge in [-0.1, -0.05) is 34.1 Å². The maximum Gasteiger partial charge on any atom is 0.126 e. The van der Waals surface area contributed by atoms with E-state index in [2.05, 4.69) is 15.9 Å². The Labute approximate surface area is 119 Å². The van der Waals surface area contributed by atoms with Gasteiger partial charge >= 0.3 is 0 Å². The van der Waals surface area contributed by atoms with Crippen LogP contribution in [0, 0.1) is 11.6 Å². The number of aliphatic hydroxyl groups is 1. The summed E-state index contributed by atoms with van der Waals surface area (Å²) >= 11 is 3.28. The maximum absolute atomic E-state index is 13.7. The van der Waals surface area contributed by atoms with Gasteiger partial charge < -0.3 is 5.11 Å². The third kappa shape index (κ3) is 3.39. The van der Waals surface area contributed by atoms with Crippen LogP contribution in [0.4, 0.5) is 8.78 Å². The Balaban J connectivity index is 2.29. The van der Waals surface area contributed by atoms with Crippen LogP contribution in [-0.2, 0) is 6.42 Å². The number of benzene rings is 2. The molecule has 0 spiro atoms. The van der Waals surface area contributed by atoms with Crippen LogP contribution < -0.4 is 0 Å². The van der Waals surface area contributed by atoms with Gasteiger partial charge in [0.25, 0.3) is 0 Å². The van der Waals surface area contributed by atoms with Gasteiger partial charge in [-0.25, -0.2) is 8.78 Å². The largest absolute Gasteiger partial charge is 0.396 e. The standard InChI is InChI=1S/C15H13BrF2O/c16-12-5-6-14(17)10(8-12)7-11(9-19)13-3-1-2-4-15(13)18/h1-6,8,11,19H,7,9H2. The van der Waals surface area contributed by atoms with E-state index in [1.807, 2.05) is 0 Å². The zero-order valence-electron chi connectivity index (χ0n) is 10.1. The van der Waals surface area contributed by atoms with Gasteiger partial charge in [0.05, 0.1) is 6.61 Å². The molecule has 1 atom stereocenters. The van der Waals surface area contributed by atoms with Gasteiger partial charge in [0.15, 0.2) is 0 Å². The summed E-state index contributed by atoms with van der Waals surface area (Å²) in [4.78, 5) is 0. The molecule has 100 valence electrons. The Bertz CT molecular complexity index is 572. The average molecular weight is 327 g/mol. The van der Waals surface area contributed by atoms with E-state index in [1.54, 1.807) is 30.3 Å². The van der Waals surface area contributed by atoms with Gasteiger partial charge in [-0.05, 0) is 41.8 Å². The molecule has 0 aliphatic heterocycles. The van der Waals surface area contributed by atoms with Gasteiger partial charge in [-0.3, -0.25) is 0 Å². The SMILES string of the molecule is OCC(Cc1cc(Br)ccc1F)c1ccccc1F. The van der Waals surface area contributed by atoms with Gasteiger partial charge in [0, 0.05) is 10.4 Å². The van der Waals surface area contributed by atoms with E-state index in [0.29, 0.717) is 11.1 Å². The van der Waals surface area contributed by atoms with E-state index in [4.69, 9.17) is 0 Å². The molecule has 0 fully saturated rings. The third-order valence-electron chi connectivity index (χ3n) is 3.04. The molecule has 0 saturated carbocycles. The Morgan fingerprint density at radius 2 is 1.79 bits per heavy atom. The highest BCUT2D eigenvalue weighted by molar-refractivity contribution is 9.10. The minimum Gasteiger partial charge on any atom is -0.396 e. The van der Waals surface area contributed by atoms with Gasteiger partial charge in [-0.15, -0.1) is 0 Å². The quantitative estimate of drug-likeness (QED) is 0.898. The van der Waals surface area contributed by atoms with E-state index in [-0.39, 0.29) is 24.7 Å². The number of hydrogen-bond donors (Lipinski definition) is 1. The van der Waals surface area contributed by atoms with Crippen molar-refractivity contribution in [2.45, 2.75) is 12.3 Å². The second kappa shape index (κ2) is 6.26. The molecule has 0 aliphatic rings. The topological polar surface area (TPSA) is 20.2 Å². The molecule has 1 unspecified atom stereocenters. The smallest absolute Gasteiger partial charge is 0.126 e. The second-order valence-electron chi connectivity index (χ2n) is 4.34. The number of halogens is 3. The fourth-order valence-corrected chi connectivity index (χ4v) is 2.45. The van der Waals surface area contributed by atoms with Crippen LogP contribution in [0.1, 0.15) is 17.0 Å². The molecule has 0 aromatic heterocycles. The van der Waals surface area contributed by atoms with Crippen LogP contribution in [0.3, 0.4) is 0 Å². The van der Waals surface area contributed by atoms with Crippen LogP contribution in [-0.4, -0.2) is 11.7 Å². The van der Waals surface area contributed by atoms with Crippen molar-refractivity contribution in [1.82, 2.24) is 0 Å². The second-order valence-corrected chi connectivity index (χ2v) is 5.26. The van der Waals surface area contributed by atoms with Crippen molar-refractivity contribution >= 4 is 15.9 Å². The monoisotopic (exact) mass is 326 g/mol. The highest BCUT2D eigenvalue weighted by Gasteiger charge is 2.17. The Morgan fingerprint density at radius 3 is 2.47 bits per heavy atom. The van der Waals surface area contributed by atoms with Crippen molar-refractivity contribution < 1.29 is 13.9 Å². The van der Waals surface area contributed by atoms with Crippen LogP contribution in [0.5, 0.6) is 0 Å². The number of rotatable bonds is 4. The summed E-state index contributed by atoms with van der Waals surface area (Å²) in [5, 5.41) is 9.42. The first-order valence-electron chi connectivity index (χ1n) is 5.91. The van der Waals surface area contributed by atoms with E-state index in [0.717, 1.165) is 4.47 Å². The van der Waals surface area contributed by atoms with Crippen molar-refractivity contribution in [2.24, 2.45) is 0 Å². The fourth-order valence-electron chi connectivity index (χ4n) is 2.04. The first-order valence-corrected chi connectivity index (χ1v) is 6.70. The van der Waals surface area contributed by atoms with Crippen molar-refractivity contribution in [3.8, 4) is 0 Å². The Kier molecular flexibility index (Phi) is 4.66. The molecule has 1 nitrogen and oxygen atoms in total. The van der Waals surface area contributed by atoms with Crippen LogP contribution >= 0.6 is 15.9 Å². The summed E-state index contributed by atoms with van der Waals surface area (Å²) < 4.78 is 28.1. The predicted octanol–water partition coefficient (Wildman–Crippen LogP) is 4.05. The minimum absolute atomic E-state index is 0.229. The average Bonchev–Trinajstić information content (AvgIpc) is 2.41. The molecule has 2 aromatic rings. The third-order valence-corrected chi connectivity index (χ3v) is 3.53. The summed E-state index contributed by atoms with van der Waals surface area (Å²) in [6, 6.07) is 10.9. The molecule has 0 aliphatic carbocycles. The molecule has 19 heavy (non-hydrogen) atoms. The molecule has 0 amide bonds. The molecule has 0 saturated heterocycles. The summed E-state index contributed by atoms with van der Waals surface area (Å²) in [6.45, 7) is -0.229. The highest BCUT2D eigenvalue weighted by Crippen LogP contribution is 2.25. The number of aliphatic hydroxyl groups excluding tert-OH is 1. The molecule has 1 N–H and O–H groups in total. The van der Waals surface area contributed by atoms with E-state index in [1.165, 1.54) is 12.1 Å². The highest BCUT2D eigenvalue weighted by atomic mass is 79.9. The molecule has 0 radical (unpaired) electrons. The summed E-state index contributed by atoms with van der Waals surface area (Å²) in [5.74, 6) is -1.18. The normalized spacial score (nSPS) is 12.4. The minimum atomic E-state index is -0.454. The lowest BCUT2D eigenvalue weighted by Crippen LogP contribution is -2.10. The summed E-state index contributed by atoms with van der Waals surface area (Å²) in [6.07, 6.45) is 0.253. The van der Waals surface area contributed by atoms with Crippen molar-refractivity contribution in [1.29, 1.82) is 0 Å². The maximum atomic E-state index is 13.7. The Hall–Kier alpha value is -1.26. The molecule has 2 aromatic carbocycles. The fraction of sp³-hybridized carbons (Fsp3) is 0.200. The van der Waals surface area contributed by atoms with Crippen LogP contribution in [0.25, 0.3) is 0 Å². The molecule has 2 rings (SSSR count). The molecule has 0 heterocycles. The molecule has 0 bridgehead atoms. The summed E-state index contributed by atoms with van der Waals surface area (Å²) in [7, 11) is 0. The van der Waals surface area contributed by atoms with Crippen LogP contribution in [0.15, 0.2) is 46.9 Å². The molecular weight excluding hydrogens is 314 g/mol. The van der Waals surface area contributed by atoms with Crippen molar-refractivity contribution in [3.63, 3.8) is 0 Å². The Morgan fingerprint density at radius 1 is 1.05 bits per heavy atom. The summed E-state index contributed by atoms with van der Waals surface area (Å²) in [5.41, 5.74) is 0.862. The molecular formula is C15H13BrF2O. The van der Waals surface area contributed by atoms with Gasteiger partial charge in [-0.2, -0.15) is 0 Å². The lowest BCUT2D eigenvalue weighted by Gasteiger charge is -2.16. The van der Waals surface area contributed by atoms with Gasteiger partial charge in [0.1, 0.15) is 11.6 Å². The van der Waals surface area contributed by atoms with Crippen molar-refractivity contribution in [3.05, 3.63) is 69.7 Å². The lowest BCUT2D eigenvalue weighted by atomic mass is 9.92. The lowest BCUT2D eigenvalue weighted by molar-refractivity contribution is 0.261.